The van der Waals surface area contributed by atoms with Crippen LogP contribution in [0.5, 0.6) is 0 Å². The predicted octanol–water partition coefficient (Wildman–Crippen LogP) is 2.81. The molecule has 0 bridgehead atoms. The molecule has 4 nitrogen and oxygen atoms in total. The van der Waals surface area contributed by atoms with E-state index in [-0.39, 0.29) is 0 Å². The van der Waals surface area contributed by atoms with Crippen LogP contribution in [0.1, 0.15) is 23.6 Å². The molecule has 3 rings (SSSR count). The topological polar surface area (TPSA) is 49.1 Å². The van der Waals surface area contributed by atoms with E-state index in [1.807, 2.05) is 19.1 Å². The van der Waals surface area contributed by atoms with Crippen LogP contribution in [0.3, 0.4) is 0 Å². The summed E-state index contributed by atoms with van der Waals surface area (Å²) in [4.78, 5) is 7.08. The van der Waals surface area contributed by atoms with E-state index in [1.54, 1.807) is 0 Å². The predicted molar refractivity (Wildman–Crippen MR) is 83.6 cm³/mol. The Bertz CT molecular complexity index is 712. The van der Waals surface area contributed by atoms with Gasteiger partial charge in [-0.25, -0.2) is 4.98 Å². The number of ether oxygens (including phenoxy) is 1. The van der Waals surface area contributed by atoms with Gasteiger partial charge in [0, 0.05) is 24.0 Å². The molecule has 2 heterocycles. The number of pyridine rings is 1. The molecule has 0 atom stereocenters. The van der Waals surface area contributed by atoms with Crippen LogP contribution in [0.25, 0.3) is 10.9 Å². The monoisotopic (exact) mass is 281 g/mol. The SMILES string of the molecule is CCc1c(N2CCOCC2)nc2ccc(C)cc2c1C#N. The lowest BCUT2D eigenvalue weighted by molar-refractivity contribution is 0.122. The second kappa shape index (κ2) is 5.71. The minimum absolute atomic E-state index is 0.721. The Balaban J connectivity index is 2.24. The third-order valence-corrected chi connectivity index (χ3v) is 4.00. The Morgan fingerprint density at radius 3 is 2.76 bits per heavy atom. The lowest BCUT2D eigenvalue weighted by Gasteiger charge is -2.30. The molecule has 0 N–H and O–H groups in total. The molecule has 108 valence electrons. The normalized spacial score (nSPS) is 15.2. The molecule has 1 aromatic heterocycles. The molecule has 0 saturated carbocycles. The summed E-state index contributed by atoms with van der Waals surface area (Å²) in [6, 6.07) is 8.51. The van der Waals surface area contributed by atoms with E-state index in [2.05, 4.69) is 24.0 Å². The molecular weight excluding hydrogens is 262 g/mol. The summed E-state index contributed by atoms with van der Waals surface area (Å²) in [7, 11) is 0. The number of aryl methyl sites for hydroxylation is 1. The number of aromatic nitrogens is 1. The van der Waals surface area contributed by atoms with Crippen molar-refractivity contribution in [2.75, 3.05) is 31.2 Å². The van der Waals surface area contributed by atoms with Crippen LogP contribution >= 0.6 is 0 Å². The van der Waals surface area contributed by atoms with E-state index in [9.17, 15) is 5.26 Å². The Morgan fingerprint density at radius 2 is 2.10 bits per heavy atom. The Kier molecular flexibility index (Phi) is 3.76. The van der Waals surface area contributed by atoms with Gasteiger partial charge >= 0.3 is 0 Å². The first-order valence-corrected chi connectivity index (χ1v) is 7.40. The number of benzene rings is 1. The number of fused-ring (bicyclic) bond motifs is 1. The lowest BCUT2D eigenvalue weighted by atomic mass is 9.99. The number of hydrogen-bond donors (Lipinski definition) is 0. The lowest BCUT2D eigenvalue weighted by Crippen LogP contribution is -2.37. The molecule has 1 aliphatic heterocycles. The van der Waals surface area contributed by atoms with E-state index < -0.39 is 0 Å². The zero-order chi connectivity index (χ0) is 14.8. The highest BCUT2D eigenvalue weighted by atomic mass is 16.5. The number of morpholine rings is 1. The zero-order valence-corrected chi connectivity index (χ0v) is 12.5. The van der Waals surface area contributed by atoms with Crippen LogP contribution in [-0.2, 0) is 11.2 Å². The van der Waals surface area contributed by atoms with Crippen LogP contribution < -0.4 is 4.90 Å². The first-order valence-electron chi connectivity index (χ1n) is 7.40. The fourth-order valence-electron chi connectivity index (χ4n) is 2.90. The molecule has 0 unspecified atom stereocenters. The average Bonchev–Trinajstić information content (AvgIpc) is 2.53. The van der Waals surface area contributed by atoms with Crippen molar-refractivity contribution in [3.05, 3.63) is 34.9 Å². The van der Waals surface area contributed by atoms with Crippen LogP contribution in [0, 0.1) is 18.3 Å². The van der Waals surface area contributed by atoms with Crippen molar-refractivity contribution in [1.82, 2.24) is 4.98 Å². The van der Waals surface area contributed by atoms with Crippen LogP contribution in [0.4, 0.5) is 5.82 Å². The molecular formula is C17H19N3O. The van der Waals surface area contributed by atoms with Crippen molar-refractivity contribution in [1.29, 1.82) is 5.26 Å². The minimum Gasteiger partial charge on any atom is -0.378 e. The van der Waals surface area contributed by atoms with Crippen molar-refractivity contribution in [2.24, 2.45) is 0 Å². The maximum atomic E-state index is 9.64. The van der Waals surface area contributed by atoms with Gasteiger partial charge in [-0.2, -0.15) is 5.26 Å². The van der Waals surface area contributed by atoms with Gasteiger partial charge in [0.25, 0.3) is 0 Å². The molecule has 1 saturated heterocycles. The zero-order valence-electron chi connectivity index (χ0n) is 12.5. The molecule has 2 aromatic rings. The number of nitriles is 1. The summed E-state index contributed by atoms with van der Waals surface area (Å²) in [6.45, 7) is 7.24. The Morgan fingerprint density at radius 1 is 1.33 bits per heavy atom. The van der Waals surface area contributed by atoms with Gasteiger partial charge in [-0.05, 0) is 25.5 Å². The number of rotatable bonds is 2. The molecule has 0 spiro atoms. The van der Waals surface area contributed by atoms with E-state index in [0.717, 1.165) is 66.1 Å². The molecule has 0 radical (unpaired) electrons. The summed E-state index contributed by atoms with van der Waals surface area (Å²) < 4.78 is 5.42. The summed E-state index contributed by atoms with van der Waals surface area (Å²) >= 11 is 0. The fraction of sp³-hybridized carbons (Fsp3) is 0.412. The summed E-state index contributed by atoms with van der Waals surface area (Å²) in [5.74, 6) is 0.953. The average molecular weight is 281 g/mol. The van der Waals surface area contributed by atoms with E-state index in [4.69, 9.17) is 9.72 Å². The largest absolute Gasteiger partial charge is 0.378 e. The second-order valence-electron chi connectivity index (χ2n) is 5.37. The molecule has 1 fully saturated rings. The number of hydrogen-bond acceptors (Lipinski definition) is 4. The first-order chi connectivity index (χ1) is 10.2. The number of nitrogens with zero attached hydrogens (tertiary/aromatic N) is 3. The van der Waals surface area contributed by atoms with Gasteiger partial charge in [0.15, 0.2) is 0 Å². The van der Waals surface area contributed by atoms with E-state index >= 15 is 0 Å². The quantitative estimate of drug-likeness (QED) is 0.849. The van der Waals surface area contributed by atoms with Crippen molar-refractivity contribution in [2.45, 2.75) is 20.3 Å². The van der Waals surface area contributed by atoms with Gasteiger partial charge in [0.1, 0.15) is 11.9 Å². The van der Waals surface area contributed by atoms with Gasteiger partial charge in [0.05, 0.1) is 24.3 Å². The molecule has 4 heteroatoms. The molecule has 1 aromatic carbocycles. The summed E-state index contributed by atoms with van der Waals surface area (Å²) in [5.41, 5.74) is 3.88. The van der Waals surface area contributed by atoms with Crippen molar-refractivity contribution in [3.8, 4) is 6.07 Å². The van der Waals surface area contributed by atoms with Gasteiger partial charge in [0.2, 0.25) is 0 Å². The third kappa shape index (κ3) is 2.45. The third-order valence-electron chi connectivity index (χ3n) is 4.00. The minimum atomic E-state index is 0.721. The maximum Gasteiger partial charge on any atom is 0.133 e. The number of anilines is 1. The van der Waals surface area contributed by atoms with Gasteiger partial charge in [-0.15, -0.1) is 0 Å². The smallest absolute Gasteiger partial charge is 0.133 e. The first kappa shape index (κ1) is 13.8. The van der Waals surface area contributed by atoms with Crippen molar-refractivity contribution < 1.29 is 4.74 Å². The van der Waals surface area contributed by atoms with Crippen LogP contribution in [0.15, 0.2) is 18.2 Å². The highest BCUT2D eigenvalue weighted by Gasteiger charge is 2.20. The highest BCUT2D eigenvalue weighted by molar-refractivity contribution is 5.89. The highest BCUT2D eigenvalue weighted by Crippen LogP contribution is 2.30. The summed E-state index contributed by atoms with van der Waals surface area (Å²) in [6.07, 6.45) is 0.812. The molecule has 0 amide bonds. The van der Waals surface area contributed by atoms with E-state index in [0.29, 0.717) is 0 Å². The maximum absolute atomic E-state index is 9.64. The van der Waals surface area contributed by atoms with Gasteiger partial charge in [-0.3, -0.25) is 0 Å². The standard InChI is InChI=1S/C17H19N3O/c1-3-13-15(11-18)14-10-12(2)4-5-16(14)19-17(13)20-6-8-21-9-7-20/h4-5,10H,3,6-9H2,1-2H3. The van der Waals surface area contributed by atoms with Gasteiger partial charge in [-0.1, -0.05) is 18.6 Å². The van der Waals surface area contributed by atoms with Crippen LogP contribution in [0.2, 0.25) is 0 Å². The van der Waals surface area contributed by atoms with E-state index in [1.165, 1.54) is 0 Å². The fourth-order valence-corrected chi connectivity index (χ4v) is 2.90. The van der Waals surface area contributed by atoms with Gasteiger partial charge < -0.3 is 9.64 Å². The molecule has 0 aliphatic carbocycles. The Hall–Kier alpha value is -2.12. The summed E-state index contributed by atoms with van der Waals surface area (Å²) in [5, 5.41) is 10.6. The second-order valence-corrected chi connectivity index (χ2v) is 5.37. The van der Waals surface area contributed by atoms with Crippen molar-refractivity contribution >= 4 is 16.7 Å². The Labute approximate surface area is 125 Å². The molecule has 1 aliphatic rings. The van der Waals surface area contributed by atoms with Crippen LogP contribution in [-0.4, -0.2) is 31.3 Å². The van der Waals surface area contributed by atoms with Crippen molar-refractivity contribution in [3.63, 3.8) is 0 Å². The molecule has 21 heavy (non-hydrogen) atoms.